The first-order chi connectivity index (χ1) is 11.5. The van der Waals surface area contributed by atoms with Crippen LogP contribution in [-0.2, 0) is 4.79 Å². The highest BCUT2D eigenvalue weighted by Crippen LogP contribution is 2.48. The van der Waals surface area contributed by atoms with Gasteiger partial charge in [-0.05, 0) is 47.6 Å². The number of benzene rings is 2. The van der Waals surface area contributed by atoms with Gasteiger partial charge in [0.15, 0.2) is 0 Å². The molecule has 0 spiro atoms. The van der Waals surface area contributed by atoms with Crippen molar-refractivity contribution in [3.05, 3.63) is 53.6 Å². The predicted octanol–water partition coefficient (Wildman–Crippen LogP) is 4.14. The number of rotatable bonds is 5. The van der Waals surface area contributed by atoms with Crippen LogP contribution in [0, 0.1) is 5.92 Å². The molecule has 0 aromatic heterocycles. The lowest BCUT2D eigenvalue weighted by Crippen LogP contribution is -2.14. The van der Waals surface area contributed by atoms with Gasteiger partial charge in [-0.25, -0.2) is 0 Å². The number of amides is 1. The normalized spacial score (nSPS) is 19.2. The van der Waals surface area contributed by atoms with Crippen LogP contribution in [0.3, 0.4) is 0 Å². The first-order valence-electron chi connectivity index (χ1n) is 8.34. The summed E-state index contributed by atoms with van der Waals surface area (Å²) >= 11 is 0. The summed E-state index contributed by atoms with van der Waals surface area (Å²) in [6, 6.07) is 13.9. The number of carbonyl (C=O) groups is 1. The summed E-state index contributed by atoms with van der Waals surface area (Å²) in [7, 11) is 1.57. The fourth-order valence-electron chi connectivity index (χ4n) is 3.03. The Labute approximate surface area is 143 Å². The van der Waals surface area contributed by atoms with Gasteiger partial charge in [-0.3, -0.25) is 4.79 Å². The zero-order valence-corrected chi connectivity index (χ0v) is 14.4. The highest BCUT2D eigenvalue weighted by atomic mass is 16.5. The van der Waals surface area contributed by atoms with E-state index in [2.05, 4.69) is 43.4 Å². The number of carbonyl (C=O) groups excluding carboxylic acids is 1. The van der Waals surface area contributed by atoms with E-state index >= 15 is 0 Å². The molecule has 3 N–H and O–H groups in total. The second-order valence-electron chi connectivity index (χ2n) is 6.72. The van der Waals surface area contributed by atoms with Crippen LogP contribution in [0.4, 0.5) is 11.4 Å². The van der Waals surface area contributed by atoms with Crippen molar-refractivity contribution >= 4 is 17.3 Å². The van der Waals surface area contributed by atoms with Gasteiger partial charge < -0.3 is 15.8 Å². The lowest BCUT2D eigenvalue weighted by atomic mass is 10.00. The predicted molar refractivity (Wildman–Crippen MR) is 97.4 cm³/mol. The molecule has 0 heterocycles. The average molecular weight is 324 g/mol. The van der Waals surface area contributed by atoms with Gasteiger partial charge in [0.25, 0.3) is 0 Å². The Morgan fingerprint density at radius 1 is 1.21 bits per heavy atom. The molecule has 126 valence electrons. The van der Waals surface area contributed by atoms with Crippen molar-refractivity contribution in [3.63, 3.8) is 0 Å². The minimum Gasteiger partial charge on any atom is -0.495 e. The molecule has 1 fully saturated rings. The highest BCUT2D eigenvalue weighted by Gasteiger charge is 2.43. The Balaban J connectivity index is 1.62. The van der Waals surface area contributed by atoms with Crippen LogP contribution in [0.15, 0.2) is 42.5 Å². The van der Waals surface area contributed by atoms with Crippen LogP contribution >= 0.6 is 0 Å². The van der Waals surface area contributed by atoms with Gasteiger partial charge in [-0.15, -0.1) is 0 Å². The van der Waals surface area contributed by atoms with E-state index in [0.29, 0.717) is 29.0 Å². The molecule has 2 atom stereocenters. The summed E-state index contributed by atoms with van der Waals surface area (Å²) in [5.41, 5.74) is 9.68. The van der Waals surface area contributed by atoms with E-state index in [1.807, 2.05) is 6.07 Å². The van der Waals surface area contributed by atoms with E-state index < -0.39 is 0 Å². The molecule has 1 saturated carbocycles. The van der Waals surface area contributed by atoms with Gasteiger partial charge >= 0.3 is 0 Å². The summed E-state index contributed by atoms with van der Waals surface area (Å²) in [5, 5.41) is 2.95. The minimum absolute atomic E-state index is 0.0400. The maximum absolute atomic E-state index is 12.4. The molecule has 0 radical (unpaired) electrons. The van der Waals surface area contributed by atoms with E-state index in [9.17, 15) is 4.79 Å². The fraction of sp³-hybridized carbons (Fsp3) is 0.350. The van der Waals surface area contributed by atoms with Gasteiger partial charge in [-0.2, -0.15) is 0 Å². The molecule has 0 aliphatic heterocycles. The Morgan fingerprint density at radius 3 is 2.50 bits per heavy atom. The van der Waals surface area contributed by atoms with Crippen LogP contribution in [0.25, 0.3) is 0 Å². The third-order valence-corrected chi connectivity index (χ3v) is 4.66. The topological polar surface area (TPSA) is 64.3 Å². The summed E-state index contributed by atoms with van der Waals surface area (Å²) < 4.78 is 5.13. The van der Waals surface area contributed by atoms with Gasteiger partial charge in [0.05, 0.1) is 12.8 Å². The van der Waals surface area contributed by atoms with Crippen molar-refractivity contribution in [2.45, 2.75) is 32.1 Å². The Hall–Kier alpha value is -2.49. The third-order valence-electron chi connectivity index (χ3n) is 4.66. The van der Waals surface area contributed by atoms with Crippen molar-refractivity contribution in [1.29, 1.82) is 0 Å². The zero-order chi connectivity index (χ0) is 17.3. The molecule has 4 heteroatoms. The van der Waals surface area contributed by atoms with E-state index in [0.717, 1.165) is 6.42 Å². The highest BCUT2D eigenvalue weighted by molar-refractivity contribution is 5.95. The first-order valence-corrected chi connectivity index (χ1v) is 8.34. The third kappa shape index (κ3) is 3.37. The van der Waals surface area contributed by atoms with Crippen molar-refractivity contribution in [1.82, 2.24) is 0 Å². The smallest absolute Gasteiger partial charge is 0.228 e. The number of methoxy groups -OCH3 is 1. The summed E-state index contributed by atoms with van der Waals surface area (Å²) in [6.07, 6.45) is 0.901. The quantitative estimate of drug-likeness (QED) is 0.812. The van der Waals surface area contributed by atoms with Crippen LogP contribution in [0.1, 0.15) is 43.2 Å². The molecule has 24 heavy (non-hydrogen) atoms. The van der Waals surface area contributed by atoms with Gasteiger partial charge in [0, 0.05) is 11.6 Å². The van der Waals surface area contributed by atoms with Crippen molar-refractivity contribution in [2.24, 2.45) is 5.92 Å². The largest absolute Gasteiger partial charge is 0.495 e. The molecule has 3 rings (SSSR count). The number of hydrogen-bond acceptors (Lipinski definition) is 3. The molecule has 2 aromatic carbocycles. The molecule has 4 nitrogen and oxygen atoms in total. The van der Waals surface area contributed by atoms with Crippen LogP contribution in [-0.4, -0.2) is 13.0 Å². The summed E-state index contributed by atoms with van der Waals surface area (Å²) in [4.78, 5) is 12.4. The number of ether oxygens (including phenoxy) is 1. The Bertz CT molecular complexity index is 738. The van der Waals surface area contributed by atoms with Crippen molar-refractivity contribution < 1.29 is 9.53 Å². The number of nitrogens with one attached hydrogen (secondary N) is 1. The Morgan fingerprint density at radius 2 is 1.92 bits per heavy atom. The number of anilines is 2. The molecular weight excluding hydrogens is 300 g/mol. The van der Waals surface area contributed by atoms with Crippen LogP contribution in [0.2, 0.25) is 0 Å². The van der Waals surface area contributed by atoms with E-state index in [1.54, 1.807) is 19.2 Å². The van der Waals surface area contributed by atoms with Crippen molar-refractivity contribution in [3.8, 4) is 5.75 Å². The summed E-state index contributed by atoms with van der Waals surface area (Å²) in [5.74, 6) is 1.55. The van der Waals surface area contributed by atoms with Crippen LogP contribution in [0.5, 0.6) is 5.75 Å². The molecule has 2 unspecified atom stereocenters. The molecule has 1 amide bonds. The lowest BCUT2D eigenvalue weighted by Gasteiger charge is -2.09. The fourth-order valence-corrected chi connectivity index (χ4v) is 3.03. The molecule has 2 aromatic rings. The standard InChI is InChI=1S/C20H24N2O2/c1-12(2)13-4-6-14(7-5-13)16-11-17(16)20(23)22-15-8-9-19(24-3)18(21)10-15/h4-10,12,16-17H,11,21H2,1-3H3,(H,22,23). The number of hydrogen-bond donors (Lipinski definition) is 2. The zero-order valence-electron chi connectivity index (χ0n) is 14.4. The number of nitrogen functional groups attached to an aromatic ring is 1. The monoisotopic (exact) mass is 324 g/mol. The van der Waals surface area contributed by atoms with E-state index in [-0.39, 0.29) is 11.8 Å². The van der Waals surface area contributed by atoms with Gasteiger partial charge in [0.2, 0.25) is 5.91 Å². The van der Waals surface area contributed by atoms with Crippen LogP contribution < -0.4 is 15.8 Å². The second-order valence-corrected chi connectivity index (χ2v) is 6.72. The van der Waals surface area contributed by atoms with E-state index in [1.165, 1.54) is 11.1 Å². The summed E-state index contributed by atoms with van der Waals surface area (Å²) in [6.45, 7) is 4.37. The van der Waals surface area contributed by atoms with Crippen molar-refractivity contribution in [2.75, 3.05) is 18.2 Å². The second kappa shape index (κ2) is 6.56. The molecule has 0 bridgehead atoms. The average Bonchev–Trinajstić information content (AvgIpc) is 3.36. The molecule has 1 aliphatic carbocycles. The van der Waals surface area contributed by atoms with Gasteiger partial charge in [0.1, 0.15) is 5.75 Å². The lowest BCUT2D eigenvalue weighted by molar-refractivity contribution is -0.117. The molecule has 0 saturated heterocycles. The SMILES string of the molecule is COc1ccc(NC(=O)C2CC2c2ccc(C(C)C)cc2)cc1N. The van der Waals surface area contributed by atoms with Gasteiger partial charge in [-0.1, -0.05) is 38.1 Å². The number of nitrogens with two attached hydrogens (primary N) is 1. The maximum Gasteiger partial charge on any atom is 0.228 e. The maximum atomic E-state index is 12.4. The minimum atomic E-state index is 0.0400. The van der Waals surface area contributed by atoms with E-state index in [4.69, 9.17) is 10.5 Å². The first kappa shape index (κ1) is 16.4. The Kier molecular flexibility index (Phi) is 4.47. The molecular formula is C20H24N2O2. The molecule has 1 aliphatic rings.